The van der Waals surface area contributed by atoms with E-state index in [1.807, 2.05) is 12.1 Å². The van der Waals surface area contributed by atoms with Crippen LogP contribution in [0.15, 0.2) is 18.3 Å². The van der Waals surface area contributed by atoms with Crippen molar-refractivity contribution in [1.29, 1.82) is 0 Å². The van der Waals surface area contributed by atoms with Gasteiger partial charge in [-0.05, 0) is 50.7 Å². The first-order valence-corrected chi connectivity index (χ1v) is 8.20. The van der Waals surface area contributed by atoms with Gasteiger partial charge in [0.1, 0.15) is 5.82 Å². The maximum Gasteiger partial charge on any atom is 0.255 e. The van der Waals surface area contributed by atoms with Crippen LogP contribution in [0.3, 0.4) is 0 Å². The third kappa shape index (κ3) is 4.46. The minimum atomic E-state index is -0.243. The molecule has 1 fully saturated rings. The average molecular weight is 303 g/mol. The molecule has 0 aliphatic carbocycles. The molecule has 2 heterocycles. The summed E-state index contributed by atoms with van der Waals surface area (Å²) in [6.45, 7) is 12.7. The zero-order valence-electron chi connectivity index (χ0n) is 14.6. The average Bonchev–Trinajstić information content (AvgIpc) is 2.88. The summed E-state index contributed by atoms with van der Waals surface area (Å²) in [5.74, 6) is 0.799. The Morgan fingerprint density at radius 2 is 1.86 bits per heavy atom. The Morgan fingerprint density at radius 3 is 2.45 bits per heavy atom. The predicted molar refractivity (Wildman–Crippen MR) is 91.3 cm³/mol. The third-order valence-corrected chi connectivity index (χ3v) is 3.86. The summed E-state index contributed by atoms with van der Waals surface area (Å²) in [6.07, 6.45) is 5.04. The van der Waals surface area contributed by atoms with Gasteiger partial charge < -0.3 is 10.2 Å². The molecule has 0 saturated carbocycles. The highest BCUT2D eigenvalue weighted by Crippen LogP contribution is 2.28. The van der Waals surface area contributed by atoms with Crippen LogP contribution in [-0.4, -0.2) is 29.5 Å². The van der Waals surface area contributed by atoms with Gasteiger partial charge in [0.15, 0.2) is 0 Å². The molecule has 1 aliphatic rings. The molecule has 1 aromatic rings. The molecule has 0 radical (unpaired) electrons. The van der Waals surface area contributed by atoms with Crippen LogP contribution in [-0.2, 0) is 0 Å². The van der Waals surface area contributed by atoms with Crippen LogP contribution in [0.4, 0.5) is 5.82 Å². The number of carbonyl (C=O) groups excluding carboxylic acids is 1. The van der Waals surface area contributed by atoms with E-state index in [0.29, 0.717) is 5.56 Å². The first-order chi connectivity index (χ1) is 10.2. The molecule has 1 saturated heterocycles. The lowest BCUT2D eigenvalue weighted by Gasteiger charge is -2.33. The Kier molecular flexibility index (Phi) is 4.78. The quantitative estimate of drug-likeness (QED) is 0.924. The van der Waals surface area contributed by atoms with Crippen molar-refractivity contribution in [1.82, 2.24) is 10.3 Å². The number of hydrogen-bond acceptors (Lipinski definition) is 3. The van der Waals surface area contributed by atoms with Gasteiger partial charge in [-0.25, -0.2) is 4.98 Å². The summed E-state index contributed by atoms with van der Waals surface area (Å²) in [5, 5.41) is 3.19. The number of nitrogens with zero attached hydrogens (tertiary/aromatic N) is 2. The van der Waals surface area contributed by atoms with Crippen molar-refractivity contribution in [2.75, 3.05) is 18.0 Å². The van der Waals surface area contributed by atoms with Gasteiger partial charge >= 0.3 is 0 Å². The van der Waals surface area contributed by atoms with Gasteiger partial charge in [0.25, 0.3) is 5.91 Å². The minimum Gasteiger partial charge on any atom is -0.356 e. The topological polar surface area (TPSA) is 45.2 Å². The summed E-state index contributed by atoms with van der Waals surface area (Å²) >= 11 is 0. The van der Waals surface area contributed by atoms with Crippen LogP contribution in [0.1, 0.15) is 64.2 Å². The first kappa shape index (κ1) is 16.8. The van der Waals surface area contributed by atoms with Crippen molar-refractivity contribution in [3.8, 4) is 0 Å². The number of hydrogen-bond donors (Lipinski definition) is 1. The number of pyridine rings is 1. The molecular formula is C18H29N3O. The Balaban J connectivity index is 2.16. The molecule has 0 unspecified atom stereocenters. The summed E-state index contributed by atoms with van der Waals surface area (Å²) in [7, 11) is 0. The van der Waals surface area contributed by atoms with Gasteiger partial charge in [0, 0.05) is 24.8 Å². The second-order valence-corrected chi connectivity index (χ2v) is 8.14. The Morgan fingerprint density at radius 1 is 1.23 bits per heavy atom. The van der Waals surface area contributed by atoms with Crippen LogP contribution in [0, 0.1) is 5.41 Å². The fourth-order valence-electron chi connectivity index (χ4n) is 3.50. The summed E-state index contributed by atoms with van der Waals surface area (Å²) < 4.78 is 0. The van der Waals surface area contributed by atoms with E-state index in [-0.39, 0.29) is 16.9 Å². The second kappa shape index (κ2) is 6.27. The van der Waals surface area contributed by atoms with E-state index in [0.717, 1.165) is 25.3 Å². The normalized spacial score (nSPS) is 16.0. The maximum atomic E-state index is 12.7. The monoisotopic (exact) mass is 303 g/mol. The van der Waals surface area contributed by atoms with Gasteiger partial charge in [0.05, 0.1) is 5.56 Å². The van der Waals surface area contributed by atoms with Crippen LogP contribution in [0.25, 0.3) is 0 Å². The first-order valence-electron chi connectivity index (χ1n) is 8.20. The van der Waals surface area contributed by atoms with Crippen LogP contribution < -0.4 is 10.2 Å². The van der Waals surface area contributed by atoms with E-state index in [2.05, 4.69) is 49.8 Å². The molecule has 4 heteroatoms. The molecule has 4 nitrogen and oxygen atoms in total. The van der Waals surface area contributed by atoms with E-state index in [1.165, 1.54) is 12.8 Å². The van der Waals surface area contributed by atoms with Gasteiger partial charge in [-0.2, -0.15) is 0 Å². The lowest BCUT2D eigenvalue weighted by molar-refractivity contribution is 0.0891. The number of carbonyl (C=O) groups is 1. The van der Waals surface area contributed by atoms with Crippen molar-refractivity contribution in [2.24, 2.45) is 5.41 Å². The van der Waals surface area contributed by atoms with Gasteiger partial charge in [-0.15, -0.1) is 0 Å². The number of aromatic nitrogens is 1. The molecule has 1 amide bonds. The lowest BCUT2D eigenvalue weighted by Crippen LogP contribution is -2.46. The van der Waals surface area contributed by atoms with Crippen molar-refractivity contribution in [3.63, 3.8) is 0 Å². The fourth-order valence-corrected chi connectivity index (χ4v) is 3.50. The van der Waals surface area contributed by atoms with E-state index in [4.69, 9.17) is 0 Å². The van der Waals surface area contributed by atoms with Crippen LogP contribution in [0.5, 0.6) is 0 Å². The standard InChI is InChI=1S/C18H29N3O/c1-17(2,3)13-18(4,5)20-16(22)14-9-8-10-19-15(14)21-11-6-7-12-21/h8-10H,6-7,11-13H2,1-5H3,(H,20,22). The minimum absolute atomic E-state index is 0.0238. The summed E-state index contributed by atoms with van der Waals surface area (Å²) in [4.78, 5) is 19.4. The van der Waals surface area contributed by atoms with Gasteiger partial charge in [-0.3, -0.25) is 4.79 Å². The van der Waals surface area contributed by atoms with Crippen LogP contribution in [0.2, 0.25) is 0 Å². The zero-order chi connectivity index (χ0) is 16.4. The van der Waals surface area contributed by atoms with E-state index < -0.39 is 0 Å². The second-order valence-electron chi connectivity index (χ2n) is 8.14. The highest BCUT2D eigenvalue weighted by Gasteiger charge is 2.29. The molecule has 0 aromatic carbocycles. The fraction of sp³-hybridized carbons (Fsp3) is 0.667. The SMILES string of the molecule is CC(C)(C)CC(C)(C)NC(=O)c1cccnc1N1CCCC1. The predicted octanol–water partition coefficient (Wildman–Crippen LogP) is 3.63. The number of amides is 1. The number of rotatable bonds is 4. The van der Waals surface area contributed by atoms with Crippen molar-refractivity contribution >= 4 is 11.7 Å². The smallest absolute Gasteiger partial charge is 0.255 e. The molecule has 122 valence electrons. The Bertz CT molecular complexity index is 525. The molecule has 0 spiro atoms. The molecule has 1 aliphatic heterocycles. The highest BCUT2D eigenvalue weighted by molar-refractivity contribution is 5.99. The number of nitrogens with one attached hydrogen (secondary N) is 1. The van der Waals surface area contributed by atoms with E-state index >= 15 is 0 Å². The Labute approximate surface area is 134 Å². The molecule has 22 heavy (non-hydrogen) atoms. The molecule has 0 bridgehead atoms. The molecule has 2 rings (SSSR count). The summed E-state index contributed by atoms with van der Waals surface area (Å²) in [5.41, 5.74) is 0.614. The molecular weight excluding hydrogens is 274 g/mol. The van der Waals surface area contributed by atoms with E-state index in [9.17, 15) is 4.79 Å². The van der Waals surface area contributed by atoms with Crippen molar-refractivity contribution in [3.05, 3.63) is 23.9 Å². The van der Waals surface area contributed by atoms with Gasteiger partial charge in [0.2, 0.25) is 0 Å². The third-order valence-electron chi connectivity index (χ3n) is 3.86. The number of anilines is 1. The lowest BCUT2D eigenvalue weighted by atomic mass is 9.81. The largest absolute Gasteiger partial charge is 0.356 e. The van der Waals surface area contributed by atoms with Gasteiger partial charge in [-0.1, -0.05) is 20.8 Å². The highest BCUT2D eigenvalue weighted by atomic mass is 16.1. The van der Waals surface area contributed by atoms with Crippen molar-refractivity contribution in [2.45, 2.75) is 59.4 Å². The van der Waals surface area contributed by atoms with Crippen LogP contribution >= 0.6 is 0 Å². The Hall–Kier alpha value is -1.58. The molecule has 1 N–H and O–H groups in total. The molecule has 0 atom stereocenters. The maximum absolute atomic E-state index is 12.7. The van der Waals surface area contributed by atoms with Crippen molar-refractivity contribution < 1.29 is 4.79 Å². The zero-order valence-corrected chi connectivity index (χ0v) is 14.6. The summed E-state index contributed by atoms with van der Waals surface area (Å²) in [6, 6.07) is 3.72. The van der Waals surface area contributed by atoms with E-state index in [1.54, 1.807) is 6.20 Å². The molecule has 1 aromatic heterocycles.